The lowest BCUT2D eigenvalue weighted by atomic mass is 10.7. The highest BCUT2D eigenvalue weighted by atomic mass is 32.1. The van der Waals surface area contributed by atoms with Crippen molar-refractivity contribution in [2.45, 2.75) is 0 Å². The van der Waals surface area contributed by atoms with Gasteiger partial charge in [0, 0.05) is 12.3 Å². The van der Waals surface area contributed by atoms with Crippen molar-refractivity contribution < 1.29 is 13.5 Å². The van der Waals surface area contributed by atoms with Gasteiger partial charge in [0.2, 0.25) is 0 Å². The van der Waals surface area contributed by atoms with Gasteiger partial charge in [-0.3, -0.25) is 0 Å². The number of hydrogen-bond donors (Lipinski definition) is 2. The third-order valence-electron chi connectivity index (χ3n) is 0.512. The minimum Gasteiger partial charge on any atom is -0.399 e. The number of amides is 1. The van der Waals surface area contributed by atoms with E-state index in [-0.39, 0.29) is 0 Å². The van der Waals surface area contributed by atoms with Crippen molar-refractivity contribution in [2.75, 3.05) is 12.3 Å². The second-order valence-corrected chi connectivity index (χ2v) is 1.92. The SMILES string of the molecule is O=C(NCCS)OPF. The van der Waals surface area contributed by atoms with Crippen molar-refractivity contribution in [3.05, 3.63) is 0 Å². The fourth-order valence-corrected chi connectivity index (χ4v) is 0.483. The van der Waals surface area contributed by atoms with Crippen molar-refractivity contribution in [3.8, 4) is 0 Å². The Morgan fingerprint density at radius 2 is 2.56 bits per heavy atom. The maximum atomic E-state index is 11.2. The molecule has 0 aliphatic carbocycles. The van der Waals surface area contributed by atoms with Crippen LogP contribution in [0.2, 0.25) is 0 Å². The quantitative estimate of drug-likeness (QED) is 0.493. The molecule has 6 heteroatoms. The predicted octanol–water partition coefficient (Wildman–Crippen LogP) is 1.12. The van der Waals surface area contributed by atoms with Gasteiger partial charge in [-0.15, -0.1) is 0 Å². The maximum Gasteiger partial charge on any atom is 0.411 e. The molecule has 1 atom stereocenters. The minimum atomic E-state index is -1.29. The summed E-state index contributed by atoms with van der Waals surface area (Å²) < 4.78 is 15.1. The number of carbonyl (C=O) groups excluding carboxylic acids is 1. The average molecular weight is 171 g/mol. The molecule has 0 aliphatic rings. The Kier molecular flexibility index (Phi) is 6.09. The Balaban J connectivity index is 3.06. The number of hydrogen-bond acceptors (Lipinski definition) is 3. The summed E-state index contributed by atoms with van der Waals surface area (Å²) >= 11 is 3.80. The van der Waals surface area contributed by atoms with E-state index < -0.39 is 15.2 Å². The molecule has 0 spiro atoms. The van der Waals surface area contributed by atoms with Crippen LogP contribution in [-0.2, 0) is 4.52 Å². The topological polar surface area (TPSA) is 38.3 Å². The monoisotopic (exact) mass is 171 g/mol. The molecule has 3 nitrogen and oxygen atoms in total. The summed E-state index contributed by atoms with van der Waals surface area (Å²) in [4.78, 5) is 10.2. The van der Waals surface area contributed by atoms with Gasteiger partial charge in [-0.25, -0.2) is 4.79 Å². The van der Waals surface area contributed by atoms with Crippen LogP contribution in [0.4, 0.5) is 8.99 Å². The normalized spacial score (nSPS) is 10.0. The molecule has 0 aromatic rings. The summed E-state index contributed by atoms with van der Waals surface area (Å²) in [5.74, 6) is 0.518. The minimum absolute atomic E-state index is 0.395. The summed E-state index contributed by atoms with van der Waals surface area (Å²) in [6.45, 7) is 0.395. The van der Waals surface area contributed by atoms with E-state index in [1.807, 2.05) is 0 Å². The molecule has 0 rings (SSSR count). The Hall–Kier alpha value is -0.0200. The highest BCUT2D eigenvalue weighted by Gasteiger charge is 1.96. The molecule has 54 valence electrons. The zero-order valence-corrected chi connectivity index (χ0v) is 6.45. The maximum absolute atomic E-state index is 11.2. The molecule has 1 N–H and O–H groups in total. The van der Waals surface area contributed by atoms with Gasteiger partial charge in [0.1, 0.15) is 0 Å². The van der Waals surface area contributed by atoms with E-state index in [1.54, 1.807) is 0 Å². The van der Waals surface area contributed by atoms with Crippen LogP contribution in [0.3, 0.4) is 0 Å². The van der Waals surface area contributed by atoms with Crippen molar-refractivity contribution in [1.29, 1.82) is 0 Å². The van der Waals surface area contributed by atoms with Gasteiger partial charge in [0.05, 0.1) is 0 Å². The van der Waals surface area contributed by atoms with Crippen molar-refractivity contribution in [2.24, 2.45) is 0 Å². The van der Waals surface area contributed by atoms with Crippen LogP contribution in [0.25, 0.3) is 0 Å². The summed E-state index contributed by atoms with van der Waals surface area (Å²) in [5, 5.41) is 2.26. The third kappa shape index (κ3) is 5.86. The zero-order valence-electron chi connectivity index (χ0n) is 4.56. The van der Waals surface area contributed by atoms with Gasteiger partial charge in [-0.2, -0.15) is 16.8 Å². The molecule has 9 heavy (non-hydrogen) atoms. The Morgan fingerprint density at radius 1 is 1.89 bits per heavy atom. The molecule has 0 heterocycles. The highest BCUT2D eigenvalue weighted by Crippen LogP contribution is 2.10. The molecule has 0 saturated heterocycles. The van der Waals surface area contributed by atoms with Gasteiger partial charge < -0.3 is 9.84 Å². The molecular formula is C3H7FNO2PS. The number of carbonyl (C=O) groups is 1. The molecule has 0 radical (unpaired) electrons. The van der Waals surface area contributed by atoms with Crippen LogP contribution in [0.15, 0.2) is 0 Å². The molecule has 0 aromatic carbocycles. The molecule has 0 aromatic heterocycles. The summed E-state index contributed by atoms with van der Waals surface area (Å²) in [5.41, 5.74) is 0. The smallest absolute Gasteiger partial charge is 0.399 e. The lowest BCUT2D eigenvalue weighted by molar-refractivity contribution is 0.206. The standard InChI is InChI=1S/C3H7FNO2PS/c4-8-7-3(6)5-1-2-9/h8-9H,1-2H2,(H,5,6). The van der Waals surface area contributed by atoms with Gasteiger partial charge in [-0.1, -0.05) is 0 Å². The Bertz CT molecular complexity index is 93.9. The van der Waals surface area contributed by atoms with Crippen molar-refractivity contribution in [3.63, 3.8) is 0 Å². The first-order valence-electron chi connectivity index (χ1n) is 2.22. The molecule has 0 saturated carbocycles. The molecule has 1 unspecified atom stereocenters. The summed E-state index contributed by atoms with van der Waals surface area (Å²) in [6.07, 6.45) is -0.732. The fourth-order valence-electron chi connectivity index (χ4n) is 0.229. The van der Waals surface area contributed by atoms with Crippen LogP contribution in [0.5, 0.6) is 0 Å². The lowest BCUT2D eigenvalue weighted by Gasteiger charge is -1.98. The van der Waals surface area contributed by atoms with Crippen molar-refractivity contribution in [1.82, 2.24) is 5.32 Å². The van der Waals surface area contributed by atoms with E-state index in [9.17, 15) is 8.99 Å². The van der Waals surface area contributed by atoms with E-state index in [0.29, 0.717) is 12.3 Å². The summed E-state index contributed by atoms with van der Waals surface area (Å²) in [7, 11) is -1.29. The molecule has 0 aliphatic heterocycles. The number of rotatable bonds is 3. The predicted molar refractivity (Wildman–Crippen MR) is 37.8 cm³/mol. The largest absolute Gasteiger partial charge is 0.411 e. The van der Waals surface area contributed by atoms with Crippen LogP contribution >= 0.6 is 21.7 Å². The zero-order chi connectivity index (χ0) is 7.11. The van der Waals surface area contributed by atoms with Crippen LogP contribution in [0.1, 0.15) is 0 Å². The molecule has 1 amide bonds. The van der Waals surface area contributed by atoms with Gasteiger partial charge in [0.25, 0.3) is 9.12 Å². The molecule has 0 bridgehead atoms. The lowest BCUT2D eigenvalue weighted by Crippen LogP contribution is -2.23. The fraction of sp³-hybridized carbons (Fsp3) is 0.667. The summed E-state index contributed by atoms with van der Waals surface area (Å²) in [6, 6.07) is 0. The molecular weight excluding hydrogens is 164 g/mol. The first-order valence-corrected chi connectivity index (χ1v) is 3.64. The number of nitrogens with one attached hydrogen (secondary N) is 1. The van der Waals surface area contributed by atoms with E-state index in [0.717, 1.165) is 0 Å². The van der Waals surface area contributed by atoms with E-state index in [4.69, 9.17) is 0 Å². The van der Waals surface area contributed by atoms with Crippen molar-refractivity contribution >= 4 is 27.8 Å². The first-order chi connectivity index (χ1) is 4.31. The Labute approximate surface area is 59.7 Å². The number of thiol groups is 1. The average Bonchev–Trinajstić information content (AvgIpc) is 1.85. The van der Waals surface area contributed by atoms with Crippen LogP contribution < -0.4 is 5.32 Å². The highest BCUT2D eigenvalue weighted by molar-refractivity contribution is 7.80. The molecule has 0 fully saturated rings. The van der Waals surface area contributed by atoms with E-state index >= 15 is 0 Å². The van der Waals surface area contributed by atoms with Gasteiger partial charge in [0.15, 0.2) is 0 Å². The third-order valence-corrected chi connectivity index (χ3v) is 0.999. The van der Waals surface area contributed by atoms with Gasteiger partial charge in [-0.05, 0) is 0 Å². The van der Waals surface area contributed by atoms with Gasteiger partial charge >= 0.3 is 6.09 Å². The second kappa shape index (κ2) is 6.11. The second-order valence-electron chi connectivity index (χ2n) is 1.12. The first kappa shape index (κ1) is 8.98. The van der Waals surface area contributed by atoms with Crippen LogP contribution in [-0.4, -0.2) is 18.4 Å². The van der Waals surface area contributed by atoms with Crippen LogP contribution in [0, 0.1) is 0 Å². The van der Waals surface area contributed by atoms with E-state index in [1.165, 1.54) is 0 Å². The Morgan fingerprint density at radius 3 is 3.00 bits per heavy atom. The van der Waals surface area contributed by atoms with E-state index in [2.05, 4.69) is 22.5 Å². The number of halogens is 1.